The van der Waals surface area contributed by atoms with Gasteiger partial charge in [0.1, 0.15) is 6.61 Å². The summed E-state index contributed by atoms with van der Waals surface area (Å²) in [6, 6.07) is 0. The van der Waals surface area contributed by atoms with Crippen LogP contribution in [0.1, 0.15) is 18.4 Å². The molecule has 2 heterocycles. The van der Waals surface area contributed by atoms with Gasteiger partial charge >= 0.3 is 0 Å². The Kier molecular flexibility index (Phi) is 3.96. The normalized spacial score (nSPS) is 16.6. The summed E-state index contributed by atoms with van der Waals surface area (Å²) in [5.41, 5.74) is 0.922. The van der Waals surface area contributed by atoms with Gasteiger partial charge in [0.15, 0.2) is 0 Å². The molecule has 16 heavy (non-hydrogen) atoms. The molecular weight excluding hydrogens is 226 g/mol. The van der Waals surface area contributed by atoms with E-state index in [4.69, 9.17) is 16.3 Å². The molecule has 1 aromatic rings. The number of rotatable bonds is 4. The van der Waals surface area contributed by atoms with Gasteiger partial charge in [0.2, 0.25) is 11.2 Å². The van der Waals surface area contributed by atoms with Crippen LogP contribution in [0.15, 0.2) is 6.20 Å². The Balaban J connectivity index is 1.82. The number of ether oxygens (including phenoxy) is 1. The first-order chi connectivity index (χ1) is 7.75. The SMILES string of the molecule is Cc1cnc(Cl)nc1OCCN1CCCC1. The zero-order chi connectivity index (χ0) is 11.4. The molecule has 0 aliphatic carbocycles. The number of likely N-dealkylation sites (tertiary alicyclic amines) is 1. The van der Waals surface area contributed by atoms with Crippen LogP contribution in [0.5, 0.6) is 5.88 Å². The highest BCUT2D eigenvalue weighted by molar-refractivity contribution is 6.28. The fraction of sp³-hybridized carbons (Fsp3) is 0.636. The largest absolute Gasteiger partial charge is 0.476 e. The van der Waals surface area contributed by atoms with Gasteiger partial charge in [-0.2, -0.15) is 4.98 Å². The van der Waals surface area contributed by atoms with Gasteiger partial charge in [0.05, 0.1) is 0 Å². The Bertz CT molecular complexity index is 353. The average molecular weight is 242 g/mol. The van der Waals surface area contributed by atoms with Crippen molar-refractivity contribution in [1.29, 1.82) is 0 Å². The van der Waals surface area contributed by atoms with Gasteiger partial charge < -0.3 is 4.74 Å². The minimum absolute atomic E-state index is 0.238. The zero-order valence-corrected chi connectivity index (χ0v) is 10.2. The van der Waals surface area contributed by atoms with Crippen molar-refractivity contribution in [1.82, 2.24) is 14.9 Å². The number of hydrogen-bond donors (Lipinski definition) is 0. The van der Waals surface area contributed by atoms with Crippen LogP contribution >= 0.6 is 11.6 Å². The van der Waals surface area contributed by atoms with E-state index in [1.54, 1.807) is 6.20 Å². The van der Waals surface area contributed by atoms with E-state index >= 15 is 0 Å². The minimum Gasteiger partial charge on any atom is -0.476 e. The van der Waals surface area contributed by atoms with Crippen LogP contribution in [0.25, 0.3) is 0 Å². The maximum absolute atomic E-state index is 5.71. The Morgan fingerprint density at radius 1 is 1.44 bits per heavy atom. The molecule has 0 unspecified atom stereocenters. The Labute approximate surface area is 101 Å². The van der Waals surface area contributed by atoms with Gasteiger partial charge in [-0.05, 0) is 44.5 Å². The van der Waals surface area contributed by atoms with Crippen molar-refractivity contribution in [2.75, 3.05) is 26.2 Å². The van der Waals surface area contributed by atoms with Crippen LogP contribution in [0.2, 0.25) is 5.28 Å². The monoisotopic (exact) mass is 241 g/mol. The van der Waals surface area contributed by atoms with E-state index in [1.807, 2.05) is 6.92 Å². The molecule has 0 radical (unpaired) electrons. The lowest BCUT2D eigenvalue weighted by atomic mass is 10.4. The topological polar surface area (TPSA) is 38.3 Å². The molecule has 0 bridgehead atoms. The van der Waals surface area contributed by atoms with Gasteiger partial charge in [0, 0.05) is 18.3 Å². The first kappa shape index (κ1) is 11.6. The van der Waals surface area contributed by atoms with Gasteiger partial charge in [-0.3, -0.25) is 4.90 Å². The van der Waals surface area contributed by atoms with Gasteiger partial charge in [0.25, 0.3) is 0 Å². The Morgan fingerprint density at radius 2 is 2.19 bits per heavy atom. The molecule has 0 aromatic carbocycles. The summed E-state index contributed by atoms with van der Waals surface area (Å²) in [5.74, 6) is 0.596. The maximum Gasteiger partial charge on any atom is 0.225 e. The molecular formula is C11H16ClN3O. The van der Waals surface area contributed by atoms with E-state index in [-0.39, 0.29) is 5.28 Å². The van der Waals surface area contributed by atoms with E-state index in [1.165, 1.54) is 25.9 Å². The highest BCUT2D eigenvalue weighted by Gasteiger charge is 2.11. The highest BCUT2D eigenvalue weighted by atomic mass is 35.5. The van der Waals surface area contributed by atoms with Crippen molar-refractivity contribution in [3.63, 3.8) is 0 Å². The summed E-state index contributed by atoms with van der Waals surface area (Å²) in [6.45, 7) is 5.91. The van der Waals surface area contributed by atoms with E-state index in [9.17, 15) is 0 Å². The lowest BCUT2D eigenvalue weighted by molar-refractivity contribution is 0.230. The summed E-state index contributed by atoms with van der Waals surface area (Å²) in [5, 5.41) is 0.238. The Hall–Kier alpha value is -0.870. The summed E-state index contributed by atoms with van der Waals surface area (Å²) in [6.07, 6.45) is 4.29. The van der Waals surface area contributed by atoms with Crippen molar-refractivity contribution in [3.05, 3.63) is 17.0 Å². The molecule has 1 aliphatic rings. The van der Waals surface area contributed by atoms with Crippen molar-refractivity contribution >= 4 is 11.6 Å². The van der Waals surface area contributed by atoms with Gasteiger partial charge in [-0.1, -0.05) is 0 Å². The van der Waals surface area contributed by atoms with Crippen molar-refractivity contribution < 1.29 is 4.74 Å². The summed E-state index contributed by atoms with van der Waals surface area (Å²) >= 11 is 5.71. The molecule has 1 saturated heterocycles. The second-order valence-electron chi connectivity index (χ2n) is 4.02. The van der Waals surface area contributed by atoms with Crippen LogP contribution in [0.4, 0.5) is 0 Å². The highest BCUT2D eigenvalue weighted by Crippen LogP contribution is 2.15. The quantitative estimate of drug-likeness (QED) is 0.755. The van der Waals surface area contributed by atoms with Crippen LogP contribution in [-0.4, -0.2) is 41.1 Å². The molecule has 2 rings (SSSR count). The molecule has 1 fully saturated rings. The van der Waals surface area contributed by atoms with E-state index in [0.29, 0.717) is 12.5 Å². The lowest BCUT2D eigenvalue weighted by Crippen LogP contribution is -2.25. The molecule has 1 aliphatic heterocycles. The molecule has 88 valence electrons. The molecule has 0 atom stereocenters. The second-order valence-corrected chi connectivity index (χ2v) is 4.36. The van der Waals surface area contributed by atoms with Crippen LogP contribution in [0, 0.1) is 6.92 Å². The molecule has 5 heteroatoms. The third-order valence-corrected chi connectivity index (χ3v) is 2.92. The summed E-state index contributed by atoms with van der Waals surface area (Å²) < 4.78 is 5.60. The molecule has 0 amide bonds. The smallest absolute Gasteiger partial charge is 0.225 e. The average Bonchev–Trinajstić information content (AvgIpc) is 2.76. The van der Waals surface area contributed by atoms with Crippen molar-refractivity contribution in [2.45, 2.75) is 19.8 Å². The Morgan fingerprint density at radius 3 is 2.94 bits per heavy atom. The van der Waals surface area contributed by atoms with Gasteiger partial charge in [-0.25, -0.2) is 4.98 Å². The molecule has 0 spiro atoms. The van der Waals surface area contributed by atoms with Gasteiger partial charge in [-0.15, -0.1) is 0 Å². The van der Waals surface area contributed by atoms with Crippen LogP contribution in [-0.2, 0) is 0 Å². The fourth-order valence-electron chi connectivity index (χ4n) is 1.83. The standard InChI is InChI=1S/C11H16ClN3O/c1-9-8-13-11(12)14-10(9)16-7-6-15-4-2-3-5-15/h8H,2-7H2,1H3. The van der Waals surface area contributed by atoms with E-state index < -0.39 is 0 Å². The van der Waals surface area contributed by atoms with Crippen LogP contribution in [0.3, 0.4) is 0 Å². The predicted molar refractivity (Wildman–Crippen MR) is 62.9 cm³/mol. The molecule has 1 aromatic heterocycles. The summed E-state index contributed by atoms with van der Waals surface area (Å²) in [7, 11) is 0. The third kappa shape index (κ3) is 3.06. The number of hydrogen-bond acceptors (Lipinski definition) is 4. The van der Waals surface area contributed by atoms with Crippen LogP contribution < -0.4 is 4.74 Å². The van der Waals surface area contributed by atoms with Crippen molar-refractivity contribution in [3.8, 4) is 5.88 Å². The maximum atomic E-state index is 5.71. The lowest BCUT2D eigenvalue weighted by Gasteiger charge is -2.15. The minimum atomic E-state index is 0.238. The third-order valence-electron chi connectivity index (χ3n) is 2.74. The second kappa shape index (κ2) is 5.46. The fourth-order valence-corrected chi connectivity index (χ4v) is 1.96. The predicted octanol–water partition coefficient (Wildman–Crippen LogP) is 1.91. The zero-order valence-electron chi connectivity index (χ0n) is 9.45. The number of aryl methyl sites for hydroxylation is 1. The number of halogens is 1. The van der Waals surface area contributed by atoms with E-state index in [0.717, 1.165) is 12.1 Å². The van der Waals surface area contributed by atoms with Crippen molar-refractivity contribution in [2.24, 2.45) is 0 Å². The molecule has 0 saturated carbocycles. The molecule has 4 nitrogen and oxygen atoms in total. The first-order valence-electron chi connectivity index (χ1n) is 5.60. The first-order valence-corrected chi connectivity index (χ1v) is 5.98. The van der Waals surface area contributed by atoms with E-state index in [2.05, 4.69) is 14.9 Å². The number of nitrogens with zero attached hydrogens (tertiary/aromatic N) is 3. The number of aromatic nitrogens is 2. The molecule has 0 N–H and O–H groups in total. The summed E-state index contributed by atoms with van der Waals surface area (Å²) in [4.78, 5) is 10.3.